The van der Waals surface area contributed by atoms with Gasteiger partial charge in [-0.25, -0.2) is 0 Å². The van der Waals surface area contributed by atoms with Crippen molar-refractivity contribution in [3.05, 3.63) is 23.8 Å². The van der Waals surface area contributed by atoms with Gasteiger partial charge < -0.3 is 20.6 Å². The van der Waals surface area contributed by atoms with Crippen molar-refractivity contribution < 1.29 is 20.1 Å². The van der Waals surface area contributed by atoms with Crippen LogP contribution in [0.3, 0.4) is 0 Å². The van der Waals surface area contributed by atoms with Crippen molar-refractivity contribution in [2.45, 2.75) is 25.9 Å². The maximum atomic E-state index is 11.6. The van der Waals surface area contributed by atoms with Crippen molar-refractivity contribution in [2.75, 3.05) is 6.54 Å². The summed E-state index contributed by atoms with van der Waals surface area (Å²) in [4.78, 5) is 11.6. The van der Waals surface area contributed by atoms with E-state index in [4.69, 9.17) is 5.11 Å². The lowest BCUT2D eigenvalue weighted by Gasteiger charge is -2.10. The van der Waals surface area contributed by atoms with Crippen molar-refractivity contribution >= 4 is 5.91 Å². The Hall–Kier alpha value is -1.75. The van der Waals surface area contributed by atoms with Crippen molar-refractivity contribution in [1.29, 1.82) is 0 Å². The van der Waals surface area contributed by atoms with Crippen LogP contribution in [0.2, 0.25) is 0 Å². The minimum atomic E-state index is -0.560. The molecule has 0 spiro atoms. The van der Waals surface area contributed by atoms with E-state index in [1.54, 1.807) is 0 Å². The molecule has 5 heteroatoms. The van der Waals surface area contributed by atoms with Gasteiger partial charge in [0.15, 0.2) is 11.5 Å². The highest BCUT2D eigenvalue weighted by molar-refractivity contribution is 5.94. The number of carbonyl (C=O) groups is 1. The summed E-state index contributed by atoms with van der Waals surface area (Å²) >= 11 is 0. The molecule has 0 heterocycles. The van der Waals surface area contributed by atoms with Gasteiger partial charge in [0, 0.05) is 12.1 Å². The van der Waals surface area contributed by atoms with Crippen LogP contribution in [0.4, 0.5) is 0 Å². The second kappa shape index (κ2) is 6.10. The molecule has 1 aromatic carbocycles. The first-order valence-corrected chi connectivity index (χ1v) is 5.52. The van der Waals surface area contributed by atoms with Gasteiger partial charge in [0.05, 0.1) is 6.10 Å². The van der Waals surface area contributed by atoms with Crippen molar-refractivity contribution in [2.24, 2.45) is 0 Å². The molecule has 5 nitrogen and oxygen atoms in total. The first-order chi connectivity index (χ1) is 8.04. The average molecular weight is 239 g/mol. The first kappa shape index (κ1) is 13.3. The molecule has 17 heavy (non-hydrogen) atoms. The Bertz CT molecular complexity index is 392. The minimum Gasteiger partial charge on any atom is -0.504 e. The monoisotopic (exact) mass is 239 g/mol. The van der Waals surface area contributed by atoms with Gasteiger partial charge in [0.1, 0.15) is 0 Å². The van der Waals surface area contributed by atoms with Crippen LogP contribution in [0.5, 0.6) is 11.5 Å². The zero-order valence-electron chi connectivity index (χ0n) is 9.68. The quantitative estimate of drug-likeness (QED) is 0.577. The number of aromatic hydroxyl groups is 2. The van der Waals surface area contributed by atoms with Gasteiger partial charge in [0.25, 0.3) is 5.91 Å². The first-order valence-electron chi connectivity index (χ1n) is 5.52. The standard InChI is InChI=1S/C12H17NO4/c1-2-3-9(14)7-13-12(17)8-4-5-10(15)11(16)6-8/h4-6,9,14-16H,2-3,7H2,1H3,(H,13,17). The Morgan fingerprint density at radius 2 is 2.06 bits per heavy atom. The SMILES string of the molecule is CCCC(O)CNC(=O)c1ccc(O)c(O)c1. The number of amides is 1. The summed E-state index contributed by atoms with van der Waals surface area (Å²) in [5.74, 6) is -1.00. The molecule has 1 unspecified atom stereocenters. The van der Waals surface area contributed by atoms with E-state index in [0.29, 0.717) is 6.42 Å². The Kier molecular flexibility index (Phi) is 4.78. The van der Waals surface area contributed by atoms with E-state index in [2.05, 4.69) is 5.32 Å². The van der Waals surface area contributed by atoms with Gasteiger partial charge >= 0.3 is 0 Å². The molecule has 0 saturated heterocycles. The van der Waals surface area contributed by atoms with Crippen LogP contribution < -0.4 is 5.32 Å². The lowest BCUT2D eigenvalue weighted by atomic mass is 10.1. The maximum Gasteiger partial charge on any atom is 0.251 e. The second-order valence-electron chi connectivity index (χ2n) is 3.86. The zero-order valence-corrected chi connectivity index (χ0v) is 9.68. The Morgan fingerprint density at radius 3 is 2.65 bits per heavy atom. The van der Waals surface area contributed by atoms with E-state index in [0.717, 1.165) is 6.42 Å². The number of aliphatic hydroxyl groups is 1. The summed E-state index contributed by atoms with van der Waals surface area (Å²) in [5, 5.41) is 30.3. The van der Waals surface area contributed by atoms with Crippen LogP contribution in [0, 0.1) is 0 Å². The molecular weight excluding hydrogens is 222 g/mol. The average Bonchev–Trinajstić information content (AvgIpc) is 2.30. The van der Waals surface area contributed by atoms with Gasteiger partial charge in [-0.2, -0.15) is 0 Å². The van der Waals surface area contributed by atoms with E-state index in [9.17, 15) is 15.0 Å². The molecule has 1 amide bonds. The molecular formula is C12H17NO4. The van der Waals surface area contributed by atoms with Crippen LogP contribution in [0.25, 0.3) is 0 Å². The summed E-state index contributed by atoms with van der Waals surface area (Å²) in [6.45, 7) is 2.12. The number of hydrogen-bond acceptors (Lipinski definition) is 4. The van der Waals surface area contributed by atoms with Gasteiger partial charge in [-0.1, -0.05) is 13.3 Å². The molecule has 1 aromatic rings. The van der Waals surface area contributed by atoms with Crippen LogP contribution in [-0.2, 0) is 0 Å². The smallest absolute Gasteiger partial charge is 0.251 e. The van der Waals surface area contributed by atoms with Gasteiger partial charge in [-0.3, -0.25) is 4.79 Å². The number of carbonyl (C=O) groups excluding carboxylic acids is 1. The summed E-state index contributed by atoms with van der Waals surface area (Å²) in [6, 6.07) is 3.82. The number of nitrogens with one attached hydrogen (secondary N) is 1. The molecule has 94 valence electrons. The third-order valence-corrected chi connectivity index (χ3v) is 2.36. The molecule has 0 bridgehead atoms. The highest BCUT2D eigenvalue weighted by Crippen LogP contribution is 2.24. The van der Waals surface area contributed by atoms with E-state index in [1.807, 2.05) is 6.92 Å². The van der Waals surface area contributed by atoms with Gasteiger partial charge in [-0.05, 0) is 24.6 Å². The third kappa shape index (κ3) is 3.96. The van der Waals surface area contributed by atoms with Crippen LogP contribution in [-0.4, -0.2) is 33.9 Å². The Labute approximate surface area is 99.7 Å². The number of phenols is 2. The van der Waals surface area contributed by atoms with E-state index in [1.165, 1.54) is 18.2 Å². The number of hydrogen-bond donors (Lipinski definition) is 4. The third-order valence-electron chi connectivity index (χ3n) is 2.36. The fraction of sp³-hybridized carbons (Fsp3) is 0.417. The van der Waals surface area contributed by atoms with Crippen LogP contribution >= 0.6 is 0 Å². The molecule has 0 aliphatic rings. The number of phenolic OH excluding ortho intramolecular Hbond substituents is 2. The van der Waals surface area contributed by atoms with E-state index in [-0.39, 0.29) is 23.6 Å². The Morgan fingerprint density at radius 1 is 1.35 bits per heavy atom. The maximum absolute atomic E-state index is 11.6. The molecule has 0 saturated carbocycles. The minimum absolute atomic E-state index is 0.175. The van der Waals surface area contributed by atoms with Crippen LogP contribution in [0.1, 0.15) is 30.1 Å². The molecule has 1 atom stereocenters. The normalized spacial score (nSPS) is 12.1. The van der Waals surface area contributed by atoms with Crippen molar-refractivity contribution in [3.8, 4) is 11.5 Å². The molecule has 0 fully saturated rings. The lowest BCUT2D eigenvalue weighted by Crippen LogP contribution is -2.31. The molecule has 0 radical (unpaired) electrons. The second-order valence-corrected chi connectivity index (χ2v) is 3.86. The van der Waals surface area contributed by atoms with Crippen molar-refractivity contribution in [1.82, 2.24) is 5.32 Å². The predicted octanol–water partition coefficient (Wildman–Crippen LogP) is 0.989. The summed E-state index contributed by atoms with van der Waals surface area (Å²) < 4.78 is 0. The molecule has 4 N–H and O–H groups in total. The summed E-state index contributed by atoms with van der Waals surface area (Å²) in [6.07, 6.45) is 0.910. The lowest BCUT2D eigenvalue weighted by molar-refractivity contribution is 0.0909. The Balaban J connectivity index is 2.55. The summed E-state index contributed by atoms with van der Waals surface area (Å²) in [7, 11) is 0. The largest absolute Gasteiger partial charge is 0.504 e. The summed E-state index contributed by atoms with van der Waals surface area (Å²) in [5.41, 5.74) is 0.240. The highest BCUT2D eigenvalue weighted by atomic mass is 16.3. The molecule has 0 aliphatic heterocycles. The number of aliphatic hydroxyl groups excluding tert-OH is 1. The van der Waals surface area contributed by atoms with E-state index < -0.39 is 12.0 Å². The fourth-order valence-corrected chi connectivity index (χ4v) is 1.41. The van der Waals surface area contributed by atoms with Gasteiger partial charge in [0.2, 0.25) is 0 Å². The molecule has 0 aromatic heterocycles. The molecule has 0 aliphatic carbocycles. The highest BCUT2D eigenvalue weighted by Gasteiger charge is 2.10. The van der Waals surface area contributed by atoms with Crippen LogP contribution in [0.15, 0.2) is 18.2 Å². The van der Waals surface area contributed by atoms with Gasteiger partial charge in [-0.15, -0.1) is 0 Å². The van der Waals surface area contributed by atoms with E-state index >= 15 is 0 Å². The number of rotatable bonds is 5. The predicted molar refractivity (Wildman–Crippen MR) is 63.0 cm³/mol. The zero-order chi connectivity index (χ0) is 12.8. The fourth-order valence-electron chi connectivity index (χ4n) is 1.41. The van der Waals surface area contributed by atoms with Crippen molar-refractivity contribution in [3.63, 3.8) is 0 Å². The number of benzene rings is 1. The molecule has 1 rings (SSSR count). The topological polar surface area (TPSA) is 89.8 Å².